The highest BCUT2D eigenvalue weighted by molar-refractivity contribution is 6.49. The van der Waals surface area contributed by atoms with Crippen LogP contribution in [0.3, 0.4) is 0 Å². The molecule has 0 bridgehead atoms. The van der Waals surface area contributed by atoms with Gasteiger partial charge in [-0.05, 0) is 36.4 Å². The van der Waals surface area contributed by atoms with Gasteiger partial charge >= 0.3 is 0 Å². The quantitative estimate of drug-likeness (QED) is 0.617. The fourth-order valence-corrected chi connectivity index (χ4v) is 1.49. The van der Waals surface area contributed by atoms with Crippen LogP contribution < -0.4 is 0 Å². The smallest absolute Gasteiger partial charge is 0.233 e. The number of aromatic nitrogens is 1. The number of rotatable bonds is 3. The third-order valence-corrected chi connectivity index (χ3v) is 2.51. The molecule has 0 unspecified atom stereocenters. The summed E-state index contributed by atoms with van der Waals surface area (Å²) in [6.07, 6.45) is 2.95. The maximum Gasteiger partial charge on any atom is 0.233 e. The summed E-state index contributed by atoms with van der Waals surface area (Å²) in [5.74, 6) is -1.09. The standard InChI is InChI=1S/C13H8ClNO2/c14-11-3-1-9(2-4-11)12(16)13(17)10-5-7-15-8-6-10/h1-8H. The minimum atomic E-state index is -0.548. The SMILES string of the molecule is O=C(C(=O)c1ccc(Cl)cc1)c1ccncc1. The Bertz CT molecular complexity index is 549. The Kier molecular flexibility index (Phi) is 3.30. The normalized spacial score (nSPS) is 9.94. The van der Waals surface area contributed by atoms with Crippen molar-refractivity contribution < 1.29 is 9.59 Å². The molecule has 0 amide bonds. The Morgan fingerprint density at radius 1 is 0.824 bits per heavy atom. The minimum Gasteiger partial charge on any atom is -0.285 e. The maximum absolute atomic E-state index is 11.8. The van der Waals surface area contributed by atoms with Crippen LogP contribution >= 0.6 is 11.6 Å². The molecule has 1 heterocycles. The molecule has 0 atom stereocenters. The van der Waals surface area contributed by atoms with Gasteiger partial charge in [-0.25, -0.2) is 0 Å². The minimum absolute atomic E-state index is 0.330. The molecule has 4 heteroatoms. The number of nitrogens with zero attached hydrogens (tertiary/aromatic N) is 1. The van der Waals surface area contributed by atoms with E-state index in [1.165, 1.54) is 36.7 Å². The van der Waals surface area contributed by atoms with Crippen LogP contribution in [0.1, 0.15) is 20.7 Å². The van der Waals surface area contributed by atoms with Crippen molar-refractivity contribution in [2.24, 2.45) is 0 Å². The molecule has 0 N–H and O–H groups in total. The zero-order chi connectivity index (χ0) is 12.3. The second-order valence-corrected chi connectivity index (χ2v) is 3.84. The fourth-order valence-electron chi connectivity index (χ4n) is 1.37. The molecule has 0 spiro atoms. The summed E-state index contributed by atoms with van der Waals surface area (Å²) >= 11 is 5.71. The monoisotopic (exact) mass is 245 g/mol. The van der Waals surface area contributed by atoms with Crippen LogP contribution in [-0.4, -0.2) is 16.6 Å². The summed E-state index contributed by atoms with van der Waals surface area (Å²) in [5, 5.41) is 0.526. The lowest BCUT2D eigenvalue weighted by atomic mass is 10.0. The van der Waals surface area contributed by atoms with Crippen molar-refractivity contribution in [2.45, 2.75) is 0 Å². The van der Waals surface area contributed by atoms with Gasteiger partial charge in [0.2, 0.25) is 11.6 Å². The molecule has 1 aromatic carbocycles. The Hall–Kier alpha value is -2.00. The van der Waals surface area contributed by atoms with Crippen LogP contribution in [0.4, 0.5) is 0 Å². The van der Waals surface area contributed by atoms with E-state index >= 15 is 0 Å². The summed E-state index contributed by atoms with van der Waals surface area (Å²) in [7, 11) is 0. The molecule has 2 aromatic rings. The zero-order valence-electron chi connectivity index (χ0n) is 8.76. The first-order chi connectivity index (χ1) is 8.18. The molecular formula is C13H8ClNO2. The van der Waals surface area contributed by atoms with Gasteiger partial charge in [-0.15, -0.1) is 0 Å². The second kappa shape index (κ2) is 4.89. The highest BCUT2D eigenvalue weighted by atomic mass is 35.5. The highest BCUT2D eigenvalue weighted by Crippen LogP contribution is 2.12. The van der Waals surface area contributed by atoms with Gasteiger partial charge in [-0.2, -0.15) is 0 Å². The Morgan fingerprint density at radius 2 is 1.29 bits per heavy atom. The predicted molar refractivity (Wildman–Crippen MR) is 64.4 cm³/mol. The van der Waals surface area contributed by atoms with Crippen molar-refractivity contribution in [2.75, 3.05) is 0 Å². The van der Waals surface area contributed by atoms with Gasteiger partial charge in [0.25, 0.3) is 0 Å². The van der Waals surface area contributed by atoms with E-state index in [2.05, 4.69) is 4.98 Å². The van der Waals surface area contributed by atoms with Crippen LogP contribution in [0, 0.1) is 0 Å². The van der Waals surface area contributed by atoms with Crippen molar-refractivity contribution in [1.29, 1.82) is 0 Å². The molecule has 17 heavy (non-hydrogen) atoms. The number of hydrogen-bond donors (Lipinski definition) is 0. The van der Waals surface area contributed by atoms with E-state index in [1.54, 1.807) is 12.1 Å². The lowest BCUT2D eigenvalue weighted by molar-refractivity contribution is 0.0817. The highest BCUT2D eigenvalue weighted by Gasteiger charge is 2.17. The van der Waals surface area contributed by atoms with Gasteiger partial charge in [0.15, 0.2) is 0 Å². The molecule has 0 radical (unpaired) electrons. The van der Waals surface area contributed by atoms with Crippen LogP contribution in [-0.2, 0) is 0 Å². The first-order valence-corrected chi connectivity index (χ1v) is 5.31. The molecule has 0 saturated carbocycles. The third-order valence-electron chi connectivity index (χ3n) is 2.26. The molecule has 3 nitrogen and oxygen atoms in total. The van der Waals surface area contributed by atoms with E-state index in [-0.39, 0.29) is 0 Å². The van der Waals surface area contributed by atoms with Crippen LogP contribution in [0.25, 0.3) is 0 Å². The summed E-state index contributed by atoms with van der Waals surface area (Å²) in [6, 6.07) is 9.24. The molecule has 2 rings (SSSR count). The summed E-state index contributed by atoms with van der Waals surface area (Å²) in [5.41, 5.74) is 0.663. The summed E-state index contributed by atoms with van der Waals surface area (Å²) in [4.78, 5) is 27.5. The fraction of sp³-hybridized carbons (Fsp3) is 0. The molecule has 0 aliphatic heterocycles. The van der Waals surface area contributed by atoms with Crippen molar-refractivity contribution in [3.8, 4) is 0 Å². The van der Waals surface area contributed by atoms with E-state index in [4.69, 9.17) is 11.6 Å². The molecule has 0 aliphatic rings. The van der Waals surface area contributed by atoms with E-state index in [9.17, 15) is 9.59 Å². The number of halogens is 1. The Morgan fingerprint density at radius 3 is 1.82 bits per heavy atom. The van der Waals surface area contributed by atoms with Gasteiger partial charge in [-0.3, -0.25) is 14.6 Å². The maximum atomic E-state index is 11.8. The number of Topliss-reactive ketones (excluding diaryl/α,β-unsaturated/α-hetero) is 2. The number of ketones is 2. The van der Waals surface area contributed by atoms with Gasteiger partial charge in [0, 0.05) is 28.5 Å². The van der Waals surface area contributed by atoms with Crippen LogP contribution in [0.15, 0.2) is 48.8 Å². The summed E-state index contributed by atoms with van der Waals surface area (Å²) < 4.78 is 0. The molecule has 0 aliphatic carbocycles. The van der Waals surface area contributed by atoms with Crippen LogP contribution in [0.5, 0.6) is 0 Å². The van der Waals surface area contributed by atoms with E-state index in [0.29, 0.717) is 16.1 Å². The van der Waals surface area contributed by atoms with Crippen molar-refractivity contribution in [1.82, 2.24) is 4.98 Å². The Labute approximate surface area is 103 Å². The topological polar surface area (TPSA) is 47.0 Å². The van der Waals surface area contributed by atoms with E-state index in [0.717, 1.165) is 0 Å². The van der Waals surface area contributed by atoms with Gasteiger partial charge < -0.3 is 0 Å². The van der Waals surface area contributed by atoms with Crippen molar-refractivity contribution >= 4 is 23.2 Å². The molecule has 1 aromatic heterocycles. The number of pyridine rings is 1. The number of carbonyl (C=O) groups is 2. The van der Waals surface area contributed by atoms with Gasteiger partial charge in [0.1, 0.15) is 0 Å². The van der Waals surface area contributed by atoms with E-state index < -0.39 is 11.6 Å². The third kappa shape index (κ3) is 2.57. The lowest BCUT2D eigenvalue weighted by Crippen LogP contribution is -2.14. The predicted octanol–water partition coefficient (Wildman–Crippen LogP) is 2.80. The van der Waals surface area contributed by atoms with Crippen molar-refractivity contribution in [3.05, 3.63) is 64.9 Å². The molecule has 0 fully saturated rings. The van der Waals surface area contributed by atoms with Gasteiger partial charge in [0.05, 0.1) is 0 Å². The number of carbonyl (C=O) groups excluding carboxylic acids is 2. The number of hydrogen-bond acceptors (Lipinski definition) is 3. The zero-order valence-corrected chi connectivity index (χ0v) is 9.52. The van der Waals surface area contributed by atoms with Crippen LogP contribution in [0.2, 0.25) is 5.02 Å². The van der Waals surface area contributed by atoms with Gasteiger partial charge in [-0.1, -0.05) is 11.6 Å². The van der Waals surface area contributed by atoms with Crippen molar-refractivity contribution in [3.63, 3.8) is 0 Å². The van der Waals surface area contributed by atoms with E-state index in [1.807, 2.05) is 0 Å². The molecule has 0 saturated heterocycles. The largest absolute Gasteiger partial charge is 0.285 e. The molecule has 84 valence electrons. The second-order valence-electron chi connectivity index (χ2n) is 3.40. The Balaban J connectivity index is 2.27. The first-order valence-electron chi connectivity index (χ1n) is 4.93. The summed E-state index contributed by atoms with van der Waals surface area (Å²) in [6.45, 7) is 0. The first kappa shape index (κ1) is 11.5. The average Bonchev–Trinajstić information content (AvgIpc) is 2.39. The molecular weight excluding hydrogens is 238 g/mol. The average molecular weight is 246 g/mol. The lowest BCUT2D eigenvalue weighted by Gasteiger charge is -2.00. The number of benzene rings is 1.